The molecule has 1 aromatic carbocycles. The minimum absolute atomic E-state index is 0.242. The average molecular weight is 340 g/mol. The number of carboxylic acids is 1. The van der Waals surface area contributed by atoms with Crippen LogP contribution in [0.2, 0.25) is 0 Å². The van der Waals surface area contributed by atoms with E-state index in [1.54, 1.807) is 12.4 Å². The number of nitrogens with two attached hydrogens (primary N) is 2. The first-order chi connectivity index (χ1) is 12.0. The molecular formula is C19H24N4O2. The van der Waals surface area contributed by atoms with E-state index in [-0.39, 0.29) is 6.42 Å². The molecular weight excluding hydrogens is 316 g/mol. The van der Waals surface area contributed by atoms with Gasteiger partial charge in [-0.05, 0) is 41.0 Å². The summed E-state index contributed by atoms with van der Waals surface area (Å²) in [5, 5.41) is 9.88. The average Bonchev–Trinajstić information content (AvgIpc) is 2.93. The number of aromatic nitrogens is 2. The molecule has 0 amide bonds. The van der Waals surface area contributed by atoms with Gasteiger partial charge in [-0.25, -0.2) is 0 Å². The monoisotopic (exact) mass is 340 g/mol. The highest BCUT2D eigenvalue weighted by molar-refractivity contribution is 5.98. The Morgan fingerprint density at radius 1 is 1.24 bits per heavy atom. The van der Waals surface area contributed by atoms with E-state index < -0.39 is 12.0 Å². The third kappa shape index (κ3) is 3.80. The predicted molar refractivity (Wildman–Crippen MR) is 101 cm³/mol. The molecule has 0 aliphatic rings. The van der Waals surface area contributed by atoms with Gasteiger partial charge in [0, 0.05) is 43.1 Å². The minimum atomic E-state index is -1.02. The summed E-state index contributed by atoms with van der Waals surface area (Å²) < 4.78 is 1.94. The van der Waals surface area contributed by atoms with E-state index in [0.717, 1.165) is 27.6 Å². The Balaban J connectivity index is 0.00000109. The number of rotatable bonds is 4. The molecule has 132 valence electrons. The summed E-state index contributed by atoms with van der Waals surface area (Å²) in [6, 6.07) is 6.83. The molecule has 3 rings (SSSR count). The number of nitrogens with zero attached hydrogens (tertiary/aromatic N) is 2. The van der Waals surface area contributed by atoms with E-state index in [9.17, 15) is 4.79 Å². The predicted octanol–water partition coefficient (Wildman–Crippen LogP) is 2.80. The van der Waals surface area contributed by atoms with Crippen LogP contribution in [-0.2, 0) is 18.3 Å². The first kappa shape index (κ1) is 18.5. The largest absolute Gasteiger partial charge is 0.480 e. The Labute approximate surface area is 147 Å². The number of nitrogen functional groups attached to an aromatic ring is 1. The van der Waals surface area contributed by atoms with Crippen molar-refractivity contribution in [3.63, 3.8) is 0 Å². The van der Waals surface area contributed by atoms with Gasteiger partial charge in [0.25, 0.3) is 0 Å². The number of fused-ring (bicyclic) bond motifs is 1. The number of hydrogen-bond acceptors (Lipinski definition) is 4. The molecule has 1 atom stereocenters. The van der Waals surface area contributed by atoms with Gasteiger partial charge in [-0.15, -0.1) is 0 Å². The molecule has 0 saturated carbocycles. The van der Waals surface area contributed by atoms with Crippen LogP contribution in [0.25, 0.3) is 22.0 Å². The molecule has 0 spiro atoms. The van der Waals surface area contributed by atoms with Crippen LogP contribution in [-0.4, -0.2) is 26.7 Å². The van der Waals surface area contributed by atoms with Crippen molar-refractivity contribution in [1.82, 2.24) is 9.55 Å². The topological polar surface area (TPSA) is 107 Å². The van der Waals surface area contributed by atoms with E-state index in [1.807, 2.05) is 55.9 Å². The van der Waals surface area contributed by atoms with Crippen LogP contribution in [0.5, 0.6) is 0 Å². The van der Waals surface area contributed by atoms with Crippen LogP contribution in [0.1, 0.15) is 19.4 Å². The standard InChI is InChI=1S/C17H18N4O2.C2H6/c1-21-9-12(7-14(19)17(22)23)16-13(18)6-11(8-15(16)21)10-2-4-20-5-3-10;1-2/h2-6,8-9,14H,7,18-19H2,1H3,(H,22,23);1-2H3. The Hall–Kier alpha value is -2.86. The summed E-state index contributed by atoms with van der Waals surface area (Å²) in [6.07, 6.45) is 5.60. The Morgan fingerprint density at radius 3 is 2.48 bits per heavy atom. The maximum atomic E-state index is 11.0. The van der Waals surface area contributed by atoms with Crippen molar-refractivity contribution in [2.24, 2.45) is 12.8 Å². The van der Waals surface area contributed by atoms with E-state index >= 15 is 0 Å². The molecule has 2 heterocycles. The number of carboxylic acid groups (broad SMARTS) is 1. The molecule has 2 aromatic heterocycles. The van der Waals surface area contributed by atoms with Crippen LogP contribution < -0.4 is 11.5 Å². The summed E-state index contributed by atoms with van der Waals surface area (Å²) in [5.41, 5.74) is 16.3. The van der Waals surface area contributed by atoms with Gasteiger partial charge in [-0.2, -0.15) is 0 Å². The van der Waals surface area contributed by atoms with Gasteiger partial charge < -0.3 is 21.1 Å². The molecule has 0 aliphatic carbocycles. The number of hydrogen-bond donors (Lipinski definition) is 3. The van der Waals surface area contributed by atoms with E-state index in [0.29, 0.717) is 5.69 Å². The molecule has 0 bridgehead atoms. The molecule has 6 nitrogen and oxygen atoms in total. The molecule has 0 fully saturated rings. The van der Waals surface area contributed by atoms with Gasteiger partial charge >= 0.3 is 5.97 Å². The van der Waals surface area contributed by atoms with E-state index in [2.05, 4.69) is 4.98 Å². The Bertz CT molecular complexity index is 872. The summed E-state index contributed by atoms with van der Waals surface area (Å²) in [5.74, 6) is -1.02. The van der Waals surface area contributed by atoms with E-state index in [1.165, 1.54) is 0 Å². The molecule has 3 aromatic rings. The molecule has 5 N–H and O–H groups in total. The third-order valence-electron chi connectivity index (χ3n) is 3.97. The second-order valence-electron chi connectivity index (χ2n) is 5.61. The number of pyridine rings is 1. The summed E-state index contributed by atoms with van der Waals surface area (Å²) >= 11 is 0. The van der Waals surface area contributed by atoms with Gasteiger partial charge in [-0.3, -0.25) is 9.78 Å². The third-order valence-corrected chi connectivity index (χ3v) is 3.97. The molecule has 0 radical (unpaired) electrons. The van der Waals surface area contributed by atoms with Crippen molar-refractivity contribution in [1.29, 1.82) is 0 Å². The van der Waals surface area contributed by atoms with Crippen molar-refractivity contribution >= 4 is 22.6 Å². The van der Waals surface area contributed by atoms with Gasteiger partial charge in [0.15, 0.2) is 0 Å². The first-order valence-corrected chi connectivity index (χ1v) is 8.23. The summed E-state index contributed by atoms with van der Waals surface area (Å²) in [6.45, 7) is 4.00. The maximum absolute atomic E-state index is 11.0. The lowest BCUT2D eigenvalue weighted by atomic mass is 10.00. The lowest BCUT2D eigenvalue weighted by Gasteiger charge is -2.08. The lowest BCUT2D eigenvalue weighted by Crippen LogP contribution is -2.32. The van der Waals surface area contributed by atoms with Gasteiger partial charge in [-0.1, -0.05) is 13.8 Å². The SMILES string of the molecule is CC.Cn1cc(CC(N)C(=O)O)c2c(N)cc(-c3ccncc3)cc21. The second kappa shape index (κ2) is 7.81. The highest BCUT2D eigenvalue weighted by Gasteiger charge is 2.18. The zero-order chi connectivity index (χ0) is 18.6. The quantitative estimate of drug-likeness (QED) is 0.633. The fourth-order valence-electron chi connectivity index (χ4n) is 2.83. The highest BCUT2D eigenvalue weighted by Crippen LogP contribution is 2.32. The zero-order valence-corrected chi connectivity index (χ0v) is 14.7. The number of aryl methyl sites for hydroxylation is 1. The van der Waals surface area contributed by atoms with Crippen LogP contribution >= 0.6 is 0 Å². The molecule has 0 aliphatic heterocycles. The molecule has 6 heteroatoms. The lowest BCUT2D eigenvalue weighted by molar-refractivity contribution is -0.138. The van der Waals surface area contributed by atoms with Crippen molar-refractivity contribution in [3.8, 4) is 11.1 Å². The highest BCUT2D eigenvalue weighted by atomic mass is 16.4. The summed E-state index contributed by atoms with van der Waals surface area (Å²) in [4.78, 5) is 15.0. The Kier molecular flexibility index (Phi) is 5.77. The van der Waals surface area contributed by atoms with Gasteiger partial charge in [0.1, 0.15) is 6.04 Å². The smallest absolute Gasteiger partial charge is 0.320 e. The van der Waals surface area contributed by atoms with Gasteiger partial charge in [0.2, 0.25) is 0 Å². The van der Waals surface area contributed by atoms with Crippen LogP contribution in [0.15, 0.2) is 42.9 Å². The molecule has 0 saturated heterocycles. The fraction of sp³-hybridized carbons (Fsp3) is 0.263. The minimum Gasteiger partial charge on any atom is -0.480 e. The zero-order valence-electron chi connectivity index (χ0n) is 14.7. The van der Waals surface area contributed by atoms with E-state index in [4.69, 9.17) is 16.6 Å². The summed E-state index contributed by atoms with van der Waals surface area (Å²) in [7, 11) is 1.91. The van der Waals surface area contributed by atoms with Gasteiger partial charge in [0.05, 0.1) is 5.52 Å². The number of anilines is 1. The normalized spacial score (nSPS) is 11.7. The molecule has 25 heavy (non-hydrogen) atoms. The Morgan fingerprint density at radius 2 is 1.88 bits per heavy atom. The van der Waals surface area contributed by atoms with Crippen LogP contribution in [0.4, 0.5) is 5.69 Å². The maximum Gasteiger partial charge on any atom is 0.320 e. The van der Waals surface area contributed by atoms with Crippen molar-refractivity contribution in [2.75, 3.05) is 5.73 Å². The van der Waals surface area contributed by atoms with Crippen molar-refractivity contribution in [3.05, 3.63) is 48.4 Å². The number of aliphatic carboxylic acids is 1. The van der Waals surface area contributed by atoms with Crippen LogP contribution in [0.3, 0.4) is 0 Å². The number of carbonyl (C=O) groups is 1. The molecule has 1 unspecified atom stereocenters. The first-order valence-electron chi connectivity index (χ1n) is 8.23. The second-order valence-corrected chi connectivity index (χ2v) is 5.61. The van der Waals surface area contributed by atoms with Crippen molar-refractivity contribution < 1.29 is 9.90 Å². The number of benzene rings is 1. The van der Waals surface area contributed by atoms with Crippen LogP contribution in [0, 0.1) is 0 Å². The fourth-order valence-corrected chi connectivity index (χ4v) is 2.83. The van der Waals surface area contributed by atoms with Crippen molar-refractivity contribution in [2.45, 2.75) is 26.3 Å².